The van der Waals surface area contributed by atoms with Gasteiger partial charge in [0.2, 0.25) is 0 Å². The number of hydrogen-bond donors (Lipinski definition) is 2. The number of nitro groups is 1. The summed E-state index contributed by atoms with van der Waals surface area (Å²) in [7, 11) is 0. The Bertz CT molecular complexity index is 909. The van der Waals surface area contributed by atoms with E-state index in [0.29, 0.717) is 17.2 Å². The van der Waals surface area contributed by atoms with Crippen LogP contribution in [0.1, 0.15) is 49.3 Å². The summed E-state index contributed by atoms with van der Waals surface area (Å²) >= 11 is 0. The van der Waals surface area contributed by atoms with Crippen LogP contribution in [0.3, 0.4) is 0 Å². The second-order valence-electron chi connectivity index (χ2n) is 7.82. The second-order valence-corrected chi connectivity index (χ2v) is 7.82. The second kappa shape index (κ2) is 6.16. The van der Waals surface area contributed by atoms with Gasteiger partial charge in [-0.1, -0.05) is 56.3 Å². The van der Waals surface area contributed by atoms with Crippen molar-refractivity contribution >= 4 is 11.6 Å². The molecule has 2 aliphatic rings. The van der Waals surface area contributed by atoms with E-state index in [0.717, 1.165) is 5.56 Å². The Balaban J connectivity index is 1.83. The summed E-state index contributed by atoms with van der Waals surface area (Å²) in [6.45, 7) is 6.15. The first-order chi connectivity index (χ1) is 12.9. The fraction of sp³-hybridized carbons (Fsp3) is 0.381. The Morgan fingerprint density at radius 2 is 1.78 bits per heavy atom. The lowest BCUT2D eigenvalue weighted by molar-refractivity contribution is -0.532. The minimum atomic E-state index is -1.35. The molecule has 0 aromatic heterocycles. The van der Waals surface area contributed by atoms with E-state index in [2.05, 4.69) is 24.5 Å². The van der Waals surface area contributed by atoms with E-state index in [-0.39, 0.29) is 16.9 Å². The lowest BCUT2D eigenvalue weighted by atomic mass is 9.78. The molecule has 2 aromatic rings. The van der Waals surface area contributed by atoms with Crippen LogP contribution in [0.2, 0.25) is 0 Å². The Hall–Kier alpha value is -2.73. The first-order valence-corrected chi connectivity index (χ1v) is 9.28. The summed E-state index contributed by atoms with van der Waals surface area (Å²) in [5.41, 5.74) is 2.03. The molecule has 1 amide bonds. The Morgan fingerprint density at radius 3 is 2.41 bits per heavy atom. The molecular formula is C21H23N3O3. The Morgan fingerprint density at radius 1 is 1.11 bits per heavy atom. The van der Waals surface area contributed by atoms with Gasteiger partial charge in [0.05, 0.1) is 5.92 Å². The van der Waals surface area contributed by atoms with Gasteiger partial charge in [-0.15, -0.1) is 0 Å². The van der Waals surface area contributed by atoms with Crippen LogP contribution in [0.15, 0.2) is 48.5 Å². The van der Waals surface area contributed by atoms with Gasteiger partial charge < -0.3 is 5.32 Å². The monoisotopic (exact) mass is 365 g/mol. The largest absolute Gasteiger partial charge is 0.324 e. The van der Waals surface area contributed by atoms with Gasteiger partial charge in [0, 0.05) is 22.2 Å². The summed E-state index contributed by atoms with van der Waals surface area (Å²) in [6, 6.07) is 13.9. The first kappa shape index (κ1) is 17.7. The van der Waals surface area contributed by atoms with Gasteiger partial charge in [-0.2, -0.15) is 0 Å². The highest BCUT2D eigenvalue weighted by atomic mass is 16.6. The summed E-state index contributed by atoms with van der Waals surface area (Å²) in [5, 5.41) is 18.3. The summed E-state index contributed by atoms with van der Waals surface area (Å²) in [5.74, 6) is -0.361. The van der Waals surface area contributed by atoms with Crippen molar-refractivity contribution in [1.82, 2.24) is 5.32 Å². The number of hydrogen-bond acceptors (Lipinski definition) is 4. The molecule has 6 nitrogen and oxygen atoms in total. The molecule has 0 unspecified atom stereocenters. The van der Waals surface area contributed by atoms with E-state index < -0.39 is 17.5 Å². The minimum Gasteiger partial charge on any atom is -0.324 e. The van der Waals surface area contributed by atoms with Gasteiger partial charge in [-0.05, 0) is 30.0 Å². The van der Waals surface area contributed by atoms with Crippen molar-refractivity contribution < 1.29 is 9.72 Å². The Labute approximate surface area is 158 Å². The molecule has 0 bridgehead atoms. The molecule has 2 N–H and O–H groups in total. The predicted molar refractivity (Wildman–Crippen MR) is 103 cm³/mol. The Kier molecular flexibility index (Phi) is 4.03. The number of benzene rings is 2. The number of fused-ring (bicyclic) bond motifs is 2. The van der Waals surface area contributed by atoms with Crippen molar-refractivity contribution in [2.75, 3.05) is 5.32 Å². The van der Waals surface area contributed by atoms with E-state index in [1.54, 1.807) is 12.1 Å². The first-order valence-electron chi connectivity index (χ1n) is 9.28. The zero-order valence-corrected chi connectivity index (χ0v) is 15.6. The molecule has 140 valence electrons. The zero-order chi connectivity index (χ0) is 19.3. The summed E-state index contributed by atoms with van der Waals surface area (Å²) in [6.07, 6.45) is 0. The molecule has 27 heavy (non-hydrogen) atoms. The van der Waals surface area contributed by atoms with Crippen molar-refractivity contribution in [2.24, 2.45) is 0 Å². The molecular weight excluding hydrogens is 342 g/mol. The third-order valence-electron chi connectivity index (χ3n) is 5.95. The van der Waals surface area contributed by atoms with E-state index in [1.807, 2.05) is 43.3 Å². The van der Waals surface area contributed by atoms with E-state index in [9.17, 15) is 14.9 Å². The van der Waals surface area contributed by atoms with Crippen LogP contribution >= 0.6 is 0 Å². The van der Waals surface area contributed by atoms with Crippen molar-refractivity contribution in [3.05, 3.63) is 75.3 Å². The lowest BCUT2D eigenvalue weighted by Gasteiger charge is -2.25. The number of carbonyl (C=O) groups is 1. The number of carbonyl (C=O) groups excluding carboxylic acids is 1. The fourth-order valence-corrected chi connectivity index (χ4v) is 4.66. The number of nitrogens with zero attached hydrogens (tertiary/aromatic N) is 1. The van der Waals surface area contributed by atoms with Gasteiger partial charge in [-0.3, -0.25) is 20.2 Å². The molecule has 2 aliphatic heterocycles. The molecule has 2 aromatic carbocycles. The summed E-state index contributed by atoms with van der Waals surface area (Å²) < 4.78 is 0. The van der Waals surface area contributed by atoms with Gasteiger partial charge in [0.1, 0.15) is 0 Å². The molecule has 0 saturated carbocycles. The van der Waals surface area contributed by atoms with E-state index >= 15 is 0 Å². The van der Waals surface area contributed by atoms with E-state index in [4.69, 9.17) is 0 Å². The highest BCUT2D eigenvalue weighted by molar-refractivity contribution is 6.07. The number of rotatable bonds is 3. The van der Waals surface area contributed by atoms with Crippen LogP contribution in [-0.4, -0.2) is 22.9 Å². The predicted octanol–water partition coefficient (Wildman–Crippen LogP) is 3.38. The van der Waals surface area contributed by atoms with Crippen molar-refractivity contribution in [3.8, 4) is 0 Å². The molecule has 0 radical (unpaired) electrons. The molecule has 6 heteroatoms. The molecule has 1 spiro atoms. The van der Waals surface area contributed by atoms with Gasteiger partial charge in [-0.25, -0.2) is 0 Å². The third kappa shape index (κ3) is 2.47. The number of nitrogens with one attached hydrogen (secondary N) is 2. The van der Waals surface area contributed by atoms with Crippen molar-refractivity contribution in [3.63, 3.8) is 0 Å². The quantitative estimate of drug-likeness (QED) is 0.645. The third-order valence-corrected chi connectivity index (χ3v) is 5.95. The molecule has 0 aliphatic carbocycles. The van der Waals surface area contributed by atoms with Crippen LogP contribution in [0.25, 0.3) is 0 Å². The molecule has 1 saturated heterocycles. The highest BCUT2D eigenvalue weighted by Crippen LogP contribution is 2.49. The van der Waals surface area contributed by atoms with Crippen molar-refractivity contribution in [1.29, 1.82) is 0 Å². The maximum Gasteiger partial charge on any atom is 0.256 e. The molecule has 4 atom stereocenters. The molecule has 2 heterocycles. The maximum atomic E-state index is 13.0. The minimum absolute atomic E-state index is 0.220. The maximum absolute atomic E-state index is 13.0. The highest BCUT2D eigenvalue weighted by Gasteiger charge is 2.67. The fourth-order valence-electron chi connectivity index (χ4n) is 4.66. The van der Waals surface area contributed by atoms with Gasteiger partial charge in [0.15, 0.2) is 5.54 Å². The molecule has 1 fully saturated rings. The van der Waals surface area contributed by atoms with E-state index in [1.165, 1.54) is 5.56 Å². The summed E-state index contributed by atoms with van der Waals surface area (Å²) in [4.78, 5) is 24.9. The SMILES string of the molecule is CC(C)c1ccc([C@@H]2[C@H](C)N[C@@]3(C(=O)Nc4ccccc43)[C@@H]2[N+](=O)[O-])cc1. The van der Waals surface area contributed by atoms with Crippen LogP contribution in [0.5, 0.6) is 0 Å². The van der Waals surface area contributed by atoms with Crippen LogP contribution in [0, 0.1) is 10.1 Å². The van der Waals surface area contributed by atoms with Gasteiger partial charge >= 0.3 is 0 Å². The average molecular weight is 365 g/mol. The standard InChI is InChI=1S/C21H23N3O3/c1-12(2)14-8-10-15(11-9-14)18-13(3)23-21(19(18)24(26)27)16-6-4-5-7-17(16)22-20(21)25/h4-13,18-19,23H,1-3H3,(H,22,25)/t13-,18-,19+,21+/m0/s1. The van der Waals surface area contributed by atoms with Crippen LogP contribution in [-0.2, 0) is 10.3 Å². The normalized spacial score (nSPS) is 29.2. The smallest absolute Gasteiger partial charge is 0.256 e. The van der Waals surface area contributed by atoms with Crippen LogP contribution in [0.4, 0.5) is 5.69 Å². The van der Waals surface area contributed by atoms with Crippen molar-refractivity contribution in [2.45, 2.75) is 50.2 Å². The topological polar surface area (TPSA) is 84.3 Å². The van der Waals surface area contributed by atoms with Crippen LogP contribution < -0.4 is 10.6 Å². The average Bonchev–Trinajstić information content (AvgIpc) is 3.10. The number of para-hydroxylation sites is 1. The zero-order valence-electron chi connectivity index (χ0n) is 15.6. The van der Waals surface area contributed by atoms with Gasteiger partial charge in [0.25, 0.3) is 11.9 Å². The molecule has 4 rings (SSSR count). The number of anilines is 1. The lowest BCUT2D eigenvalue weighted by Crippen LogP contribution is -2.54. The number of amides is 1.